The normalized spacial score (nSPS) is 11.7. The second-order valence-electron chi connectivity index (χ2n) is 6.10. The molecule has 0 saturated heterocycles. The van der Waals surface area contributed by atoms with Crippen molar-refractivity contribution in [2.24, 2.45) is 5.92 Å². The van der Waals surface area contributed by atoms with Crippen molar-refractivity contribution >= 4 is 29.1 Å². The molecule has 5 nitrogen and oxygen atoms in total. The number of nitrogens with one attached hydrogen (secondary N) is 1. The minimum atomic E-state index is -0.375. The number of carbonyl (C=O) groups is 1. The van der Waals surface area contributed by atoms with Gasteiger partial charge in [0.15, 0.2) is 0 Å². The summed E-state index contributed by atoms with van der Waals surface area (Å²) in [5.74, 6) is 0.791. The molecule has 0 aliphatic carbocycles. The van der Waals surface area contributed by atoms with Gasteiger partial charge in [0.25, 0.3) is 0 Å². The Balaban J connectivity index is 2.05. The average molecular weight is 412 g/mol. The van der Waals surface area contributed by atoms with E-state index < -0.39 is 0 Å². The van der Waals surface area contributed by atoms with Crippen molar-refractivity contribution in [2.45, 2.75) is 19.4 Å². The molecule has 1 atom stereocenters. The predicted octanol–water partition coefficient (Wildman–Crippen LogP) is 3.87. The van der Waals surface area contributed by atoms with Gasteiger partial charge in [0.1, 0.15) is 11.5 Å². The number of hydrogen-bond acceptors (Lipinski definition) is 4. The molecule has 1 amide bonds. The molecule has 27 heavy (non-hydrogen) atoms. The number of aliphatic hydroxyl groups is 1. The third-order valence-electron chi connectivity index (χ3n) is 4.19. The van der Waals surface area contributed by atoms with Crippen molar-refractivity contribution in [3.63, 3.8) is 0 Å². The summed E-state index contributed by atoms with van der Waals surface area (Å²) in [5.41, 5.74) is 1.75. The highest BCUT2D eigenvalue weighted by Crippen LogP contribution is 2.25. The minimum Gasteiger partial charge on any atom is -0.497 e. The number of benzene rings is 2. The lowest BCUT2D eigenvalue weighted by Gasteiger charge is -2.17. The van der Waals surface area contributed by atoms with Gasteiger partial charge in [-0.1, -0.05) is 29.3 Å². The topological polar surface area (TPSA) is 67.8 Å². The van der Waals surface area contributed by atoms with Crippen molar-refractivity contribution in [1.82, 2.24) is 5.32 Å². The minimum absolute atomic E-state index is 0.0770. The molecule has 0 aromatic heterocycles. The zero-order valence-electron chi connectivity index (χ0n) is 15.3. The number of rotatable bonds is 9. The average Bonchev–Trinajstić information content (AvgIpc) is 2.68. The summed E-state index contributed by atoms with van der Waals surface area (Å²) in [6, 6.07) is 10.7. The largest absolute Gasteiger partial charge is 0.497 e. The van der Waals surface area contributed by atoms with Gasteiger partial charge in [0.2, 0.25) is 5.91 Å². The number of ether oxygens (including phenoxy) is 2. The van der Waals surface area contributed by atoms with Crippen molar-refractivity contribution in [3.8, 4) is 11.5 Å². The maximum absolute atomic E-state index is 12.6. The van der Waals surface area contributed by atoms with E-state index in [1.807, 2.05) is 18.2 Å². The Morgan fingerprint density at radius 2 is 1.70 bits per heavy atom. The highest BCUT2D eigenvalue weighted by Gasteiger charge is 2.19. The van der Waals surface area contributed by atoms with Crippen molar-refractivity contribution in [2.75, 3.05) is 20.8 Å². The molecule has 7 heteroatoms. The quantitative estimate of drug-likeness (QED) is 0.656. The Bertz CT molecular complexity index is 760. The summed E-state index contributed by atoms with van der Waals surface area (Å²) < 4.78 is 10.5. The molecule has 2 aromatic rings. The molecule has 0 radical (unpaired) electrons. The maximum Gasteiger partial charge on any atom is 0.223 e. The molecule has 0 bridgehead atoms. The van der Waals surface area contributed by atoms with E-state index in [1.54, 1.807) is 32.4 Å². The molecule has 2 N–H and O–H groups in total. The Morgan fingerprint density at radius 1 is 1.04 bits per heavy atom. The monoisotopic (exact) mass is 411 g/mol. The van der Waals surface area contributed by atoms with Crippen molar-refractivity contribution in [3.05, 3.63) is 57.6 Å². The van der Waals surface area contributed by atoms with Crippen LogP contribution in [0.4, 0.5) is 0 Å². The van der Waals surface area contributed by atoms with Crippen LogP contribution >= 0.6 is 23.2 Å². The van der Waals surface area contributed by atoms with Gasteiger partial charge in [-0.05, 0) is 48.2 Å². The van der Waals surface area contributed by atoms with Gasteiger partial charge in [-0.15, -0.1) is 0 Å². The standard InChI is InChI=1S/C20H23Cl2NO4/c1-26-16-8-14(9-17(11-16)27-2)12-23-20(25)15(5-6-24)7-13-3-4-18(21)19(22)10-13/h3-4,8-11,15,24H,5-7,12H2,1-2H3,(H,23,25). The highest BCUT2D eigenvalue weighted by atomic mass is 35.5. The molecule has 1 unspecified atom stereocenters. The SMILES string of the molecule is COc1cc(CNC(=O)C(CCO)Cc2ccc(Cl)c(Cl)c2)cc(OC)c1. The fraction of sp³-hybridized carbons (Fsp3) is 0.350. The lowest BCUT2D eigenvalue weighted by atomic mass is 9.95. The van der Waals surface area contributed by atoms with E-state index >= 15 is 0 Å². The fourth-order valence-electron chi connectivity index (χ4n) is 2.73. The Kier molecular flexibility index (Phi) is 8.23. The molecule has 0 aliphatic rings. The third-order valence-corrected chi connectivity index (χ3v) is 4.93. The molecule has 0 saturated carbocycles. The van der Waals surface area contributed by atoms with Gasteiger partial charge in [0, 0.05) is 25.1 Å². The van der Waals surface area contributed by atoms with Crippen LogP contribution < -0.4 is 14.8 Å². The lowest BCUT2D eigenvalue weighted by molar-refractivity contribution is -0.125. The van der Waals surface area contributed by atoms with Crippen molar-refractivity contribution in [1.29, 1.82) is 0 Å². The molecule has 0 spiro atoms. The first kappa shape index (κ1) is 21.4. The van der Waals surface area contributed by atoms with E-state index in [2.05, 4.69) is 5.32 Å². The number of aliphatic hydroxyl groups excluding tert-OH is 1. The smallest absolute Gasteiger partial charge is 0.223 e. The van der Waals surface area contributed by atoms with Gasteiger partial charge in [-0.3, -0.25) is 4.79 Å². The number of methoxy groups -OCH3 is 2. The molecule has 0 aliphatic heterocycles. The summed E-state index contributed by atoms with van der Waals surface area (Å²) >= 11 is 12.0. The van der Waals surface area contributed by atoms with Crippen LogP contribution in [0.2, 0.25) is 10.0 Å². The van der Waals surface area contributed by atoms with Crippen LogP contribution in [0, 0.1) is 5.92 Å². The summed E-state index contributed by atoms with van der Waals surface area (Å²) in [6.45, 7) is 0.252. The summed E-state index contributed by atoms with van der Waals surface area (Å²) in [7, 11) is 3.15. The summed E-state index contributed by atoms with van der Waals surface area (Å²) in [4.78, 5) is 12.6. The number of halogens is 2. The number of carbonyl (C=O) groups excluding carboxylic acids is 1. The van der Waals surface area contributed by atoms with E-state index in [0.717, 1.165) is 11.1 Å². The van der Waals surface area contributed by atoms with E-state index in [0.29, 0.717) is 40.9 Å². The third kappa shape index (κ3) is 6.31. The van der Waals surface area contributed by atoms with Crippen LogP contribution in [-0.2, 0) is 17.8 Å². The summed E-state index contributed by atoms with van der Waals surface area (Å²) in [6.07, 6.45) is 0.818. The number of hydrogen-bond donors (Lipinski definition) is 2. The van der Waals surface area contributed by atoms with Crippen LogP contribution in [0.5, 0.6) is 11.5 Å². The predicted molar refractivity (Wildman–Crippen MR) is 107 cm³/mol. The second kappa shape index (κ2) is 10.4. The molecular weight excluding hydrogens is 389 g/mol. The lowest BCUT2D eigenvalue weighted by Crippen LogP contribution is -2.32. The molecule has 2 aromatic carbocycles. The van der Waals surface area contributed by atoms with Crippen LogP contribution in [0.25, 0.3) is 0 Å². The zero-order chi connectivity index (χ0) is 19.8. The second-order valence-corrected chi connectivity index (χ2v) is 6.91. The van der Waals surface area contributed by atoms with E-state index in [9.17, 15) is 9.90 Å². The van der Waals surface area contributed by atoms with E-state index in [-0.39, 0.29) is 18.4 Å². The summed E-state index contributed by atoms with van der Waals surface area (Å²) in [5, 5.41) is 13.1. The molecule has 146 valence electrons. The van der Waals surface area contributed by atoms with E-state index in [1.165, 1.54) is 0 Å². The Morgan fingerprint density at radius 3 is 2.26 bits per heavy atom. The van der Waals surface area contributed by atoms with Crippen LogP contribution in [0.3, 0.4) is 0 Å². The molecular formula is C20H23Cl2NO4. The first-order chi connectivity index (χ1) is 13.0. The molecule has 0 fully saturated rings. The van der Waals surface area contributed by atoms with Crippen LogP contribution in [-0.4, -0.2) is 31.8 Å². The van der Waals surface area contributed by atoms with Gasteiger partial charge in [-0.2, -0.15) is 0 Å². The maximum atomic E-state index is 12.6. The van der Waals surface area contributed by atoms with Gasteiger partial charge >= 0.3 is 0 Å². The molecule has 0 heterocycles. The molecule has 2 rings (SSSR count). The van der Waals surface area contributed by atoms with E-state index in [4.69, 9.17) is 32.7 Å². The Hall–Kier alpha value is -1.95. The van der Waals surface area contributed by atoms with Crippen molar-refractivity contribution < 1.29 is 19.4 Å². The zero-order valence-corrected chi connectivity index (χ0v) is 16.8. The van der Waals surface area contributed by atoms with Gasteiger partial charge in [-0.25, -0.2) is 0 Å². The van der Waals surface area contributed by atoms with Crippen LogP contribution in [0.1, 0.15) is 17.5 Å². The first-order valence-electron chi connectivity index (χ1n) is 8.51. The van der Waals surface area contributed by atoms with Gasteiger partial charge < -0.3 is 19.9 Å². The number of amides is 1. The Labute approximate surface area is 169 Å². The first-order valence-corrected chi connectivity index (χ1v) is 9.26. The fourth-order valence-corrected chi connectivity index (χ4v) is 3.06. The van der Waals surface area contributed by atoms with Crippen LogP contribution in [0.15, 0.2) is 36.4 Å². The highest BCUT2D eigenvalue weighted by molar-refractivity contribution is 6.42. The van der Waals surface area contributed by atoms with Gasteiger partial charge in [0.05, 0.1) is 24.3 Å².